The molecule has 0 aliphatic carbocycles. The zero-order chi connectivity index (χ0) is 19.1. The highest BCUT2D eigenvalue weighted by Crippen LogP contribution is 2.50. The van der Waals surface area contributed by atoms with Crippen LogP contribution in [-0.2, 0) is 0 Å². The zero-order valence-electron chi connectivity index (χ0n) is 16.5. The minimum absolute atomic E-state index is 0.156. The molecule has 1 aromatic carbocycles. The summed E-state index contributed by atoms with van der Waals surface area (Å²) in [5.74, 6) is 1.74. The molecule has 0 radical (unpaired) electrons. The van der Waals surface area contributed by atoms with Crippen LogP contribution in [0.5, 0.6) is 11.5 Å². The van der Waals surface area contributed by atoms with Gasteiger partial charge in [-0.2, -0.15) is 5.01 Å². The Balaban J connectivity index is 1.54. The van der Waals surface area contributed by atoms with Gasteiger partial charge in [0.05, 0.1) is 56.2 Å². The molecular weight excluding hydrogens is 370 g/mol. The van der Waals surface area contributed by atoms with Gasteiger partial charge in [-0.25, -0.2) is 0 Å². The number of methoxy groups -OCH3 is 1. The second kappa shape index (κ2) is 7.10. The molecule has 4 heterocycles. The number of likely N-dealkylation sites (tertiary alicyclic amines) is 1. The Morgan fingerprint density at radius 2 is 2.14 bits per heavy atom. The summed E-state index contributed by atoms with van der Waals surface area (Å²) in [6.07, 6.45) is 5.60. The Morgan fingerprint density at radius 1 is 1.29 bits per heavy atom. The van der Waals surface area contributed by atoms with Crippen LogP contribution >= 0.6 is 11.3 Å². The quantitative estimate of drug-likeness (QED) is 0.831. The molecule has 0 saturated carbocycles. The van der Waals surface area contributed by atoms with E-state index in [1.165, 1.54) is 29.1 Å². The number of thiophene rings is 1. The second-order valence-electron chi connectivity index (χ2n) is 7.91. The molecule has 2 aromatic rings. The van der Waals surface area contributed by atoms with Crippen LogP contribution in [0.1, 0.15) is 42.7 Å². The van der Waals surface area contributed by atoms with Crippen molar-refractivity contribution < 1.29 is 14.4 Å². The summed E-state index contributed by atoms with van der Waals surface area (Å²) in [4.78, 5) is 2.95. The molecule has 28 heavy (non-hydrogen) atoms. The summed E-state index contributed by atoms with van der Waals surface area (Å²) >= 11 is 1.77. The van der Waals surface area contributed by atoms with Gasteiger partial charge in [0.1, 0.15) is 0 Å². The molecule has 3 aliphatic heterocycles. The van der Waals surface area contributed by atoms with Crippen molar-refractivity contribution in [3.63, 3.8) is 0 Å². The normalized spacial score (nSPS) is 28.9. The van der Waals surface area contributed by atoms with E-state index < -0.39 is 0 Å². The number of benzene rings is 1. The maximum absolute atomic E-state index is 6.78. The number of para-hydroxylation sites is 1. The SMILES string of the molecule is CCC[NH+]1CCC2(CC1)Oc1c(OC)cccc1[C@H]1C=C(c3cccs3)NN12. The van der Waals surface area contributed by atoms with Crippen molar-refractivity contribution in [2.24, 2.45) is 0 Å². The first-order valence-electron chi connectivity index (χ1n) is 10.3. The van der Waals surface area contributed by atoms with E-state index in [1.807, 2.05) is 6.07 Å². The highest BCUT2D eigenvalue weighted by molar-refractivity contribution is 7.11. The smallest absolute Gasteiger partial charge is 0.191 e. The molecule has 1 aromatic heterocycles. The third-order valence-electron chi connectivity index (χ3n) is 6.25. The van der Waals surface area contributed by atoms with Gasteiger partial charge in [0.2, 0.25) is 0 Å². The molecule has 0 bridgehead atoms. The third kappa shape index (κ3) is 2.82. The molecule has 0 unspecified atom stereocenters. The van der Waals surface area contributed by atoms with E-state index in [0.717, 1.165) is 37.4 Å². The van der Waals surface area contributed by atoms with Gasteiger partial charge in [-0.05, 0) is 30.0 Å². The standard InChI is InChI=1S/C22H27N3O2S/c1-3-11-24-12-9-22(10-13-24)25-18(15-17(23-25)20-8-5-14-28-20)16-6-4-7-19(26-2)21(16)27-22/h4-8,14-15,18,23H,3,9-13H2,1-2H3/p+1/t18-/m1/s1. The number of rotatable bonds is 4. The number of hydrogen-bond donors (Lipinski definition) is 2. The average molecular weight is 399 g/mol. The van der Waals surface area contributed by atoms with Crippen molar-refractivity contribution in [3.05, 3.63) is 52.2 Å². The Kier molecular flexibility index (Phi) is 4.57. The van der Waals surface area contributed by atoms with Gasteiger partial charge in [0, 0.05) is 5.56 Å². The van der Waals surface area contributed by atoms with Crippen LogP contribution in [0.15, 0.2) is 41.8 Å². The van der Waals surface area contributed by atoms with Crippen LogP contribution in [0.25, 0.3) is 5.70 Å². The number of piperidine rings is 1. The van der Waals surface area contributed by atoms with E-state index in [0.29, 0.717) is 0 Å². The van der Waals surface area contributed by atoms with Crippen molar-refractivity contribution in [2.75, 3.05) is 26.7 Å². The third-order valence-corrected chi connectivity index (χ3v) is 7.15. The van der Waals surface area contributed by atoms with E-state index in [4.69, 9.17) is 9.47 Å². The lowest BCUT2D eigenvalue weighted by atomic mass is 9.92. The lowest BCUT2D eigenvalue weighted by molar-refractivity contribution is -0.908. The Labute approximate surface area is 170 Å². The fourth-order valence-corrected chi connectivity index (χ4v) is 5.54. The first kappa shape index (κ1) is 18.0. The average Bonchev–Trinajstić information content (AvgIpc) is 3.40. The van der Waals surface area contributed by atoms with Crippen molar-refractivity contribution in [3.8, 4) is 11.5 Å². The summed E-state index contributed by atoms with van der Waals surface area (Å²) in [7, 11) is 1.73. The largest absolute Gasteiger partial charge is 0.493 e. The first-order valence-corrected chi connectivity index (χ1v) is 11.1. The molecule has 5 nitrogen and oxygen atoms in total. The summed E-state index contributed by atoms with van der Waals surface area (Å²) in [6, 6.07) is 10.7. The first-order chi connectivity index (χ1) is 13.7. The van der Waals surface area contributed by atoms with Crippen molar-refractivity contribution in [1.29, 1.82) is 0 Å². The predicted molar refractivity (Wildman–Crippen MR) is 111 cm³/mol. The number of fused-ring (bicyclic) bond motifs is 4. The van der Waals surface area contributed by atoms with Crippen LogP contribution in [0.4, 0.5) is 0 Å². The molecule has 148 valence electrons. The van der Waals surface area contributed by atoms with Gasteiger partial charge in [0.15, 0.2) is 17.2 Å². The molecule has 1 atom stereocenters. The van der Waals surface area contributed by atoms with Crippen LogP contribution in [0.3, 0.4) is 0 Å². The van der Waals surface area contributed by atoms with E-state index in [1.54, 1.807) is 23.3 Å². The molecule has 1 saturated heterocycles. The van der Waals surface area contributed by atoms with E-state index >= 15 is 0 Å². The number of ether oxygens (including phenoxy) is 2. The lowest BCUT2D eigenvalue weighted by Crippen LogP contribution is -3.14. The molecule has 1 fully saturated rings. The maximum Gasteiger partial charge on any atom is 0.191 e. The number of hydrazine groups is 1. The highest BCUT2D eigenvalue weighted by atomic mass is 32.1. The van der Waals surface area contributed by atoms with Crippen LogP contribution in [0, 0.1) is 0 Å². The highest BCUT2D eigenvalue weighted by Gasteiger charge is 2.53. The summed E-state index contributed by atoms with van der Waals surface area (Å²) < 4.78 is 12.4. The zero-order valence-corrected chi connectivity index (χ0v) is 17.3. The Morgan fingerprint density at radius 3 is 2.86 bits per heavy atom. The summed E-state index contributed by atoms with van der Waals surface area (Å²) in [5, 5.41) is 4.50. The number of quaternary nitrogens is 1. The van der Waals surface area contributed by atoms with Crippen molar-refractivity contribution >= 4 is 17.0 Å². The topological polar surface area (TPSA) is 38.2 Å². The molecule has 6 heteroatoms. The van der Waals surface area contributed by atoms with E-state index in [9.17, 15) is 0 Å². The van der Waals surface area contributed by atoms with E-state index in [2.05, 4.69) is 53.1 Å². The van der Waals surface area contributed by atoms with Gasteiger partial charge in [-0.15, -0.1) is 11.3 Å². The predicted octanol–water partition coefficient (Wildman–Crippen LogP) is 2.84. The molecule has 0 amide bonds. The Hall–Kier alpha value is -2.02. The van der Waals surface area contributed by atoms with Crippen LogP contribution < -0.4 is 19.8 Å². The van der Waals surface area contributed by atoms with Gasteiger partial charge in [-0.3, -0.25) is 0 Å². The van der Waals surface area contributed by atoms with Gasteiger partial charge in [0.25, 0.3) is 0 Å². The number of hydrogen-bond acceptors (Lipinski definition) is 5. The minimum Gasteiger partial charge on any atom is -0.493 e. The Bertz CT molecular complexity index is 872. The number of nitrogens with zero attached hydrogens (tertiary/aromatic N) is 1. The fraction of sp³-hybridized carbons (Fsp3) is 0.455. The molecule has 3 aliphatic rings. The summed E-state index contributed by atoms with van der Waals surface area (Å²) in [5.41, 5.74) is 5.73. The minimum atomic E-state index is -0.334. The molecule has 1 spiro atoms. The maximum atomic E-state index is 6.78. The van der Waals surface area contributed by atoms with Crippen molar-refractivity contribution in [2.45, 2.75) is 38.0 Å². The van der Waals surface area contributed by atoms with Gasteiger partial charge >= 0.3 is 0 Å². The van der Waals surface area contributed by atoms with Gasteiger partial charge < -0.3 is 19.8 Å². The van der Waals surface area contributed by atoms with Crippen molar-refractivity contribution in [1.82, 2.24) is 10.4 Å². The van der Waals surface area contributed by atoms with Gasteiger partial charge in [-0.1, -0.05) is 25.1 Å². The van der Waals surface area contributed by atoms with E-state index in [-0.39, 0.29) is 11.8 Å². The van der Waals surface area contributed by atoms with Crippen LogP contribution in [-0.4, -0.2) is 37.5 Å². The van der Waals surface area contributed by atoms with Crippen LogP contribution in [0.2, 0.25) is 0 Å². The fourth-order valence-electron chi connectivity index (χ4n) is 4.84. The second-order valence-corrected chi connectivity index (χ2v) is 8.86. The molecular formula is C22H28N3O2S+. The molecule has 5 rings (SSSR count). The number of nitrogens with one attached hydrogen (secondary N) is 2. The molecule has 2 N–H and O–H groups in total. The lowest BCUT2D eigenvalue weighted by Gasteiger charge is -2.50. The monoisotopic (exact) mass is 398 g/mol. The summed E-state index contributed by atoms with van der Waals surface area (Å²) in [6.45, 7) is 5.78.